The van der Waals surface area contributed by atoms with Crippen LogP contribution in [0.2, 0.25) is 0 Å². The van der Waals surface area contributed by atoms with E-state index < -0.39 is 23.1 Å². The zero-order chi connectivity index (χ0) is 15.9. The van der Waals surface area contributed by atoms with Crippen LogP contribution < -0.4 is 11.2 Å². The summed E-state index contributed by atoms with van der Waals surface area (Å²) in [7, 11) is 0. The molecule has 2 aromatic carbocycles. The topological polar surface area (TPSA) is 56.2 Å². The first-order chi connectivity index (χ1) is 10.5. The van der Waals surface area contributed by atoms with Crippen molar-refractivity contribution in [3.8, 4) is 11.1 Å². The van der Waals surface area contributed by atoms with Crippen molar-refractivity contribution in [1.82, 2.24) is 0 Å². The van der Waals surface area contributed by atoms with Gasteiger partial charge in [-0.2, -0.15) is 0 Å². The molecule has 1 aromatic heterocycles. The first kappa shape index (κ1) is 14.4. The number of rotatable bonds is 2. The maximum absolute atomic E-state index is 14.0. The largest absolute Gasteiger partial charge is 0.458 e. The van der Waals surface area contributed by atoms with Gasteiger partial charge in [-0.05, 0) is 36.8 Å². The van der Waals surface area contributed by atoms with Crippen LogP contribution in [0.4, 0.5) is 8.78 Å². The van der Waals surface area contributed by atoms with E-state index in [0.29, 0.717) is 5.56 Å². The predicted molar refractivity (Wildman–Crippen MR) is 80.4 cm³/mol. The zero-order valence-electron chi connectivity index (χ0n) is 11.8. The van der Waals surface area contributed by atoms with Crippen molar-refractivity contribution >= 4 is 11.0 Å². The second-order valence-corrected chi connectivity index (χ2v) is 5.08. The first-order valence-corrected chi connectivity index (χ1v) is 6.76. The van der Waals surface area contributed by atoms with Crippen molar-refractivity contribution < 1.29 is 13.2 Å². The Morgan fingerprint density at radius 2 is 1.86 bits per heavy atom. The molecule has 0 spiro atoms. The lowest BCUT2D eigenvalue weighted by molar-refractivity contribution is 0.501. The van der Waals surface area contributed by atoms with Crippen LogP contribution in [0, 0.1) is 11.6 Å². The van der Waals surface area contributed by atoms with E-state index in [4.69, 9.17) is 10.2 Å². The fourth-order valence-electron chi connectivity index (χ4n) is 2.45. The third kappa shape index (κ3) is 2.29. The highest BCUT2D eigenvalue weighted by molar-refractivity contribution is 5.83. The Labute approximate surface area is 125 Å². The number of benzene rings is 2. The van der Waals surface area contributed by atoms with Gasteiger partial charge < -0.3 is 10.2 Å². The van der Waals surface area contributed by atoms with Crippen LogP contribution in [0.5, 0.6) is 0 Å². The van der Waals surface area contributed by atoms with E-state index in [9.17, 15) is 13.6 Å². The monoisotopic (exact) mass is 301 g/mol. The Bertz CT molecular complexity index is 916. The van der Waals surface area contributed by atoms with Crippen molar-refractivity contribution in [2.45, 2.75) is 13.0 Å². The third-order valence-corrected chi connectivity index (χ3v) is 3.42. The smallest absolute Gasteiger partial charge is 0.203 e. The normalized spacial score (nSPS) is 12.5. The lowest BCUT2D eigenvalue weighted by Crippen LogP contribution is -2.15. The van der Waals surface area contributed by atoms with Gasteiger partial charge in [0.25, 0.3) is 0 Å². The average Bonchev–Trinajstić information content (AvgIpc) is 2.46. The van der Waals surface area contributed by atoms with Crippen molar-refractivity contribution in [2.75, 3.05) is 0 Å². The summed E-state index contributed by atoms with van der Waals surface area (Å²) in [6.07, 6.45) is 0. The van der Waals surface area contributed by atoms with Gasteiger partial charge in [0.1, 0.15) is 28.4 Å². The van der Waals surface area contributed by atoms with Crippen molar-refractivity contribution in [2.24, 2.45) is 5.73 Å². The van der Waals surface area contributed by atoms with Crippen molar-refractivity contribution in [3.05, 3.63) is 70.1 Å². The Balaban J connectivity index is 2.46. The molecular formula is C17H13F2NO2. The fourth-order valence-corrected chi connectivity index (χ4v) is 2.45. The molecule has 3 nitrogen and oxygen atoms in total. The number of hydrogen-bond donors (Lipinski definition) is 1. The van der Waals surface area contributed by atoms with Crippen LogP contribution in [0.3, 0.4) is 0 Å². The highest BCUT2D eigenvalue weighted by atomic mass is 19.1. The van der Waals surface area contributed by atoms with E-state index in [0.717, 1.165) is 0 Å². The molecule has 3 rings (SSSR count). The molecule has 0 unspecified atom stereocenters. The second-order valence-electron chi connectivity index (χ2n) is 5.08. The van der Waals surface area contributed by atoms with E-state index in [2.05, 4.69) is 0 Å². The summed E-state index contributed by atoms with van der Waals surface area (Å²) in [6, 6.07) is 9.03. The summed E-state index contributed by atoms with van der Waals surface area (Å²) in [5, 5.41) is -0.161. The molecule has 112 valence electrons. The SMILES string of the molecule is C[C@@H](N)c1oc2cccc(F)c2c(=O)c1-c1cccc(F)c1. The Morgan fingerprint density at radius 1 is 1.14 bits per heavy atom. The molecule has 0 aliphatic carbocycles. The maximum Gasteiger partial charge on any atom is 0.203 e. The van der Waals surface area contributed by atoms with Gasteiger partial charge in [-0.15, -0.1) is 0 Å². The maximum atomic E-state index is 14.0. The van der Waals surface area contributed by atoms with Crippen LogP contribution in [0.1, 0.15) is 18.7 Å². The third-order valence-electron chi connectivity index (χ3n) is 3.42. The van der Waals surface area contributed by atoms with Crippen LogP contribution in [-0.4, -0.2) is 0 Å². The molecule has 5 heteroatoms. The van der Waals surface area contributed by atoms with Gasteiger partial charge in [0.15, 0.2) is 0 Å². The molecule has 0 saturated carbocycles. The van der Waals surface area contributed by atoms with Gasteiger partial charge in [-0.25, -0.2) is 8.78 Å². The van der Waals surface area contributed by atoms with Gasteiger partial charge in [-0.1, -0.05) is 18.2 Å². The molecule has 1 atom stereocenters. The highest BCUT2D eigenvalue weighted by Crippen LogP contribution is 2.29. The molecule has 2 N–H and O–H groups in total. The van der Waals surface area contributed by atoms with Crippen molar-refractivity contribution in [1.29, 1.82) is 0 Å². The average molecular weight is 301 g/mol. The minimum absolute atomic E-state index is 0.0899. The van der Waals surface area contributed by atoms with Gasteiger partial charge in [-0.3, -0.25) is 4.79 Å². The minimum Gasteiger partial charge on any atom is -0.458 e. The Kier molecular flexibility index (Phi) is 3.50. The van der Waals surface area contributed by atoms with Crippen LogP contribution in [0.15, 0.2) is 51.7 Å². The molecule has 22 heavy (non-hydrogen) atoms. The quantitative estimate of drug-likeness (QED) is 0.784. The summed E-state index contributed by atoms with van der Waals surface area (Å²) in [6.45, 7) is 1.65. The molecule has 3 aromatic rings. The molecule has 0 fully saturated rings. The van der Waals surface area contributed by atoms with Crippen LogP contribution >= 0.6 is 0 Å². The minimum atomic E-state index is -0.680. The van der Waals surface area contributed by atoms with E-state index >= 15 is 0 Å². The van der Waals surface area contributed by atoms with Crippen LogP contribution in [0.25, 0.3) is 22.1 Å². The lowest BCUT2D eigenvalue weighted by atomic mass is 9.99. The van der Waals surface area contributed by atoms with Crippen molar-refractivity contribution in [3.63, 3.8) is 0 Å². The molecule has 0 aliphatic rings. The molecule has 0 bridgehead atoms. The number of halogens is 2. The highest BCUT2D eigenvalue weighted by Gasteiger charge is 2.20. The summed E-state index contributed by atoms with van der Waals surface area (Å²) in [4.78, 5) is 12.7. The second kappa shape index (κ2) is 5.35. The molecule has 0 aliphatic heterocycles. The standard InChI is InChI=1S/C17H13F2NO2/c1-9(20)17-14(10-4-2-5-11(18)8-10)16(21)15-12(19)6-3-7-13(15)22-17/h2-9H,20H2,1H3/t9-/m1/s1. The van der Waals surface area contributed by atoms with E-state index in [1.807, 2.05) is 0 Å². The Morgan fingerprint density at radius 3 is 2.55 bits per heavy atom. The van der Waals surface area contributed by atoms with Gasteiger partial charge in [0, 0.05) is 0 Å². The zero-order valence-corrected chi connectivity index (χ0v) is 11.8. The summed E-state index contributed by atoms with van der Waals surface area (Å²) in [5.74, 6) is -0.977. The molecular weight excluding hydrogens is 288 g/mol. The summed E-state index contributed by atoms with van der Waals surface area (Å²) < 4.78 is 33.1. The first-order valence-electron chi connectivity index (χ1n) is 6.76. The number of hydrogen-bond acceptors (Lipinski definition) is 3. The van der Waals surface area contributed by atoms with E-state index in [1.165, 1.54) is 36.4 Å². The summed E-state index contributed by atoms with van der Waals surface area (Å²) in [5.41, 5.74) is 5.83. The lowest BCUT2D eigenvalue weighted by Gasteiger charge is -2.13. The molecule has 0 amide bonds. The number of nitrogens with two attached hydrogens (primary N) is 1. The number of fused-ring (bicyclic) bond motifs is 1. The molecule has 1 heterocycles. The van der Waals surface area contributed by atoms with Crippen LogP contribution in [-0.2, 0) is 0 Å². The molecule has 0 radical (unpaired) electrons. The van der Waals surface area contributed by atoms with Gasteiger partial charge in [0.05, 0.1) is 11.6 Å². The summed E-state index contributed by atoms with van der Waals surface area (Å²) >= 11 is 0. The van der Waals surface area contributed by atoms with Gasteiger partial charge >= 0.3 is 0 Å². The van der Waals surface area contributed by atoms with E-state index in [1.54, 1.807) is 13.0 Å². The van der Waals surface area contributed by atoms with Gasteiger partial charge in [0.2, 0.25) is 5.43 Å². The predicted octanol–water partition coefficient (Wildman–Crippen LogP) is 3.76. The molecule has 0 saturated heterocycles. The van der Waals surface area contributed by atoms with E-state index in [-0.39, 0.29) is 22.3 Å². The fraction of sp³-hybridized carbons (Fsp3) is 0.118. The Hall–Kier alpha value is -2.53.